The second-order valence-corrected chi connectivity index (χ2v) is 10.2. The second kappa shape index (κ2) is 10.6. The molecule has 0 atom stereocenters. The zero-order chi connectivity index (χ0) is 23.1. The smallest absolute Gasteiger partial charge is 0.354 e. The van der Waals surface area contributed by atoms with Gasteiger partial charge in [-0.15, -0.1) is 3.71 Å². The molecule has 0 amide bonds. The van der Waals surface area contributed by atoms with Gasteiger partial charge in [-0.25, -0.2) is 13.2 Å². The molecule has 0 aromatic heterocycles. The molecule has 0 aliphatic heterocycles. The molecule has 0 fully saturated rings. The molecular weight excluding hydrogens is 444 g/mol. The Balaban J connectivity index is 1.74. The minimum atomic E-state index is -3.75. The van der Waals surface area contributed by atoms with E-state index in [2.05, 4.69) is 4.40 Å². The zero-order valence-corrected chi connectivity index (χ0v) is 19.6. The summed E-state index contributed by atoms with van der Waals surface area (Å²) in [6.07, 6.45) is -0.603. The number of rotatable bonds is 8. The summed E-state index contributed by atoms with van der Waals surface area (Å²) in [5.41, 5.74) is 2.67. The summed E-state index contributed by atoms with van der Waals surface area (Å²) in [6.45, 7) is 3.38. The highest BCUT2D eigenvalue weighted by atomic mass is 32.3. The van der Waals surface area contributed by atoms with Crippen molar-refractivity contribution in [3.63, 3.8) is 0 Å². The van der Waals surface area contributed by atoms with Gasteiger partial charge in [0.05, 0.1) is 17.0 Å². The molecule has 166 valence electrons. The molecule has 0 unspecified atom stereocenters. The van der Waals surface area contributed by atoms with Crippen molar-refractivity contribution in [2.45, 2.75) is 24.8 Å². The van der Waals surface area contributed by atoms with Crippen LogP contribution in [0.5, 0.6) is 0 Å². The van der Waals surface area contributed by atoms with Crippen LogP contribution >= 0.6 is 12.1 Å². The number of carbonyl (C=O) groups excluding carboxylic acids is 1. The van der Waals surface area contributed by atoms with Crippen molar-refractivity contribution < 1.29 is 17.9 Å². The average Bonchev–Trinajstić information content (AvgIpc) is 2.82. The monoisotopic (exact) mass is 468 g/mol. The van der Waals surface area contributed by atoms with Gasteiger partial charge in [-0.05, 0) is 37.1 Å². The van der Waals surface area contributed by atoms with Crippen LogP contribution in [0.2, 0.25) is 0 Å². The number of carbonyl (C=O) groups is 1. The van der Waals surface area contributed by atoms with Crippen LogP contribution in [-0.2, 0) is 19.6 Å². The summed E-state index contributed by atoms with van der Waals surface area (Å²) in [4.78, 5) is 12.9. The van der Waals surface area contributed by atoms with Gasteiger partial charge in [-0.3, -0.25) is 0 Å². The van der Waals surface area contributed by atoms with E-state index in [1.165, 1.54) is 26.1 Å². The third kappa shape index (κ3) is 5.85. The van der Waals surface area contributed by atoms with E-state index >= 15 is 0 Å². The maximum atomic E-state index is 12.7. The molecule has 3 aromatic carbocycles. The van der Waals surface area contributed by atoms with E-state index in [-0.39, 0.29) is 10.6 Å². The van der Waals surface area contributed by atoms with Crippen molar-refractivity contribution in [1.82, 2.24) is 3.71 Å². The average molecular weight is 469 g/mol. The third-order valence-corrected chi connectivity index (χ3v) is 7.59. The van der Waals surface area contributed by atoms with Crippen LogP contribution in [0.25, 0.3) is 0 Å². The molecule has 8 heteroatoms. The third-order valence-electron chi connectivity index (χ3n) is 4.68. The van der Waals surface area contributed by atoms with Crippen molar-refractivity contribution >= 4 is 33.8 Å². The van der Waals surface area contributed by atoms with Crippen molar-refractivity contribution in [3.05, 3.63) is 102 Å². The van der Waals surface area contributed by atoms with Gasteiger partial charge >= 0.3 is 5.97 Å². The largest absolute Gasteiger partial charge is 0.448 e. The number of ether oxygens (including phenoxy) is 1. The molecule has 0 saturated carbocycles. The molecule has 32 heavy (non-hydrogen) atoms. The van der Waals surface area contributed by atoms with E-state index in [1.54, 1.807) is 12.1 Å². The van der Waals surface area contributed by atoms with E-state index in [4.69, 9.17) is 4.74 Å². The Morgan fingerprint density at radius 2 is 1.41 bits per heavy atom. The SMILES string of the molecule is C/C(=N/SN(C)S(=O)(=O)c1ccc(C)cc1)C(=O)OC(c1ccccc1)c1ccccc1. The van der Waals surface area contributed by atoms with Gasteiger partial charge < -0.3 is 4.74 Å². The number of hydrogen-bond acceptors (Lipinski definition) is 6. The van der Waals surface area contributed by atoms with Crippen LogP contribution in [-0.4, -0.2) is 30.9 Å². The Labute approximate surface area is 193 Å². The first kappa shape index (κ1) is 23.7. The lowest BCUT2D eigenvalue weighted by atomic mass is 10.0. The number of benzene rings is 3. The molecule has 0 spiro atoms. The molecule has 0 heterocycles. The van der Waals surface area contributed by atoms with Gasteiger partial charge in [0.15, 0.2) is 6.10 Å². The molecule has 0 bridgehead atoms. The van der Waals surface area contributed by atoms with E-state index in [0.717, 1.165) is 20.4 Å². The van der Waals surface area contributed by atoms with Crippen LogP contribution in [0.3, 0.4) is 0 Å². The standard InChI is InChI=1S/C24H24N2O4S2/c1-18-14-16-22(17-15-18)32(28,29)26(3)31-25-19(2)24(27)30-23(20-10-6-4-7-11-20)21-12-8-5-9-13-21/h4-17,23H,1-3H3/b25-19-. The van der Waals surface area contributed by atoms with Crippen LogP contribution in [0.15, 0.2) is 94.2 Å². The molecule has 3 aromatic rings. The summed E-state index contributed by atoms with van der Waals surface area (Å²) in [6, 6.07) is 25.3. The van der Waals surface area contributed by atoms with Crippen LogP contribution < -0.4 is 0 Å². The highest BCUT2D eigenvalue weighted by molar-refractivity contribution is 8.07. The Bertz CT molecular complexity index is 1140. The minimum Gasteiger partial charge on any atom is -0.448 e. The minimum absolute atomic E-state index is 0.0535. The van der Waals surface area contributed by atoms with Crippen LogP contribution in [0.4, 0.5) is 0 Å². The molecular formula is C24H24N2O4S2. The first-order valence-electron chi connectivity index (χ1n) is 9.87. The molecule has 0 N–H and O–H groups in total. The van der Waals surface area contributed by atoms with E-state index < -0.39 is 22.1 Å². The summed E-state index contributed by atoms with van der Waals surface area (Å²) < 4.78 is 36.2. The fourth-order valence-electron chi connectivity index (χ4n) is 2.84. The Kier molecular flexibility index (Phi) is 7.84. The van der Waals surface area contributed by atoms with Crippen molar-refractivity contribution in [1.29, 1.82) is 0 Å². The van der Waals surface area contributed by atoms with Gasteiger partial charge in [0.1, 0.15) is 5.71 Å². The molecule has 0 saturated heterocycles. The van der Waals surface area contributed by atoms with Crippen LogP contribution in [0.1, 0.15) is 29.7 Å². The topological polar surface area (TPSA) is 76.0 Å². The predicted molar refractivity (Wildman–Crippen MR) is 128 cm³/mol. The van der Waals surface area contributed by atoms with Gasteiger partial charge in [0.25, 0.3) is 10.0 Å². The molecule has 0 aliphatic carbocycles. The number of hydrogen-bond donors (Lipinski definition) is 0. The molecule has 0 aliphatic rings. The fourth-order valence-corrected chi connectivity index (χ4v) is 4.63. The van der Waals surface area contributed by atoms with Crippen molar-refractivity contribution in [2.24, 2.45) is 4.40 Å². The van der Waals surface area contributed by atoms with Crippen molar-refractivity contribution in [2.75, 3.05) is 7.05 Å². The number of aryl methyl sites for hydroxylation is 1. The fraction of sp³-hybridized carbons (Fsp3) is 0.167. The van der Waals surface area contributed by atoms with Crippen molar-refractivity contribution in [3.8, 4) is 0 Å². The summed E-state index contributed by atoms with van der Waals surface area (Å²) in [7, 11) is -2.36. The number of nitrogens with zero attached hydrogens (tertiary/aromatic N) is 2. The first-order valence-corrected chi connectivity index (χ1v) is 12.0. The lowest BCUT2D eigenvalue weighted by molar-refractivity contribution is -0.139. The summed E-state index contributed by atoms with van der Waals surface area (Å²) in [5, 5.41) is 0. The highest BCUT2D eigenvalue weighted by Crippen LogP contribution is 2.27. The van der Waals surface area contributed by atoms with E-state index in [9.17, 15) is 13.2 Å². The van der Waals surface area contributed by atoms with E-state index in [0.29, 0.717) is 12.1 Å². The summed E-state index contributed by atoms with van der Waals surface area (Å²) >= 11 is 0.670. The zero-order valence-electron chi connectivity index (χ0n) is 18.0. The predicted octanol–water partition coefficient (Wildman–Crippen LogP) is 4.97. The Morgan fingerprint density at radius 3 is 1.91 bits per heavy atom. The number of sulfonamides is 1. The normalized spacial score (nSPS) is 12.2. The second-order valence-electron chi connectivity index (χ2n) is 7.09. The first-order chi connectivity index (χ1) is 15.3. The molecule has 0 radical (unpaired) electrons. The lowest BCUT2D eigenvalue weighted by Gasteiger charge is -2.19. The van der Waals surface area contributed by atoms with Gasteiger partial charge in [0, 0.05) is 7.05 Å². The highest BCUT2D eigenvalue weighted by Gasteiger charge is 2.23. The van der Waals surface area contributed by atoms with Gasteiger partial charge in [-0.1, -0.05) is 78.4 Å². The molecule has 3 rings (SSSR count). The Morgan fingerprint density at radius 1 is 0.906 bits per heavy atom. The quantitative estimate of drug-likeness (QED) is 0.265. The van der Waals surface area contributed by atoms with Crippen LogP contribution in [0, 0.1) is 6.92 Å². The molecule has 6 nitrogen and oxygen atoms in total. The Hall–Kier alpha value is -2.94. The lowest BCUT2D eigenvalue weighted by Crippen LogP contribution is -2.21. The van der Waals surface area contributed by atoms with Gasteiger partial charge in [0.2, 0.25) is 0 Å². The summed E-state index contributed by atoms with van der Waals surface area (Å²) in [5.74, 6) is -0.628. The van der Waals surface area contributed by atoms with Gasteiger partial charge in [-0.2, -0.15) is 4.40 Å². The maximum absolute atomic E-state index is 12.7. The number of esters is 1. The maximum Gasteiger partial charge on any atom is 0.354 e. The van der Waals surface area contributed by atoms with E-state index in [1.807, 2.05) is 67.6 Å².